The molecule has 4 rings (SSSR count). The van der Waals surface area contributed by atoms with Gasteiger partial charge in [-0.05, 0) is 11.6 Å². The summed E-state index contributed by atoms with van der Waals surface area (Å²) in [4.78, 5) is 21.0. The largest absolute Gasteiger partial charge is 0.357 e. The van der Waals surface area contributed by atoms with E-state index in [4.69, 9.17) is 37.5 Å². The molecule has 9 heteroatoms. The first-order valence-electron chi connectivity index (χ1n) is 8.62. The lowest BCUT2D eigenvalue weighted by Crippen LogP contribution is -2.40. The Morgan fingerprint density at radius 1 is 1.44 bits per heavy atom. The van der Waals surface area contributed by atoms with Crippen LogP contribution in [0.5, 0.6) is 0 Å². The summed E-state index contributed by atoms with van der Waals surface area (Å²) in [5, 5.41) is 3.12. The number of hydrogen-bond acceptors (Lipinski definition) is 4. The van der Waals surface area contributed by atoms with E-state index in [1.807, 2.05) is 0 Å². The molecule has 1 atom stereocenters. The fourth-order valence-electron chi connectivity index (χ4n) is 4.04. The second kappa shape index (κ2) is 7.21. The van der Waals surface area contributed by atoms with E-state index in [1.54, 1.807) is 13.1 Å². The molecule has 1 fully saturated rings. The lowest BCUT2D eigenvalue weighted by molar-refractivity contribution is -0.177. The number of amides is 1. The quantitative estimate of drug-likeness (QED) is 0.525. The predicted molar refractivity (Wildman–Crippen MR) is 106 cm³/mol. The third kappa shape index (κ3) is 3.28. The number of hydrogen-bond donors (Lipinski definition) is 1. The minimum atomic E-state index is -0.718. The highest BCUT2D eigenvalue weighted by Gasteiger charge is 2.46. The summed E-state index contributed by atoms with van der Waals surface area (Å²) in [5.74, 6) is -0.957. The van der Waals surface area contributed by atoms with Crippen LogP contribution in [0.1, 0.15) is 30.0 Å². The number of ether oxygens (including phenoxy) is 2. The molecule has 2 aliphatic rings. The summed E-state index contributed by atoms with van der Waals surface area (Å²) in [6.45, 7) is 1.09. The number of aromatic nitrogens is 1. The van der Waals surface area contributed by atoms with Crippen LogP contribution >= 0.6 is 39.1 Å². The lowest BCUT2D eigenvalue weighted by atomic mass is 9.80. The van der Waals surface area contributed by atoms with Gasteiger partial charge in [0.05, 0.1) is 35.9 Å². The molecule has 1 aromatic heterocycles. The fourth-order valence-corrected chi connectivity index (χ4v) is 5.23. The molecule has 1 N–H and O–H groups in total. The van der Waals surface area contributed by atoms with Gasteiger partial charge in [-0.25, -0.2) is 5.06 Å². The normalized spacial score (nSPS) is 21.0. The maximum atomic E-state index is 12.5. The first kappa shape index (κ1) is 19.5. The molecule has 1 saturated heterocycles. The van der Waals surface area contributed by atoms with Crippen LogP contribution in [0.4, 0.5) is 0 Å². The van der Waals surface area contributed by atoms with Gasteiger partial charge < -0.3 is 14.5 Å². The van der Waals surface area contributed by atoms with E-state index in [0.717, 1.165) is 26.6 Å². The number of nitrogens with zero attached hydrogens (tertiary/aromatic N) is 1. The van der Waals surface area contributed by atoms with Gasteiger partial charge in [-0.1, -0.05) is 39.1 Å². The molecule has 1 aliphatic carbocycles. The molecule has 1 spiro atoms. The molecule has 1 aliphatic heterocycles. The molecule has 6 nitrogen and oxygen atoms in total. The Morgan fingerprint density at radius 2 is 2.15 bits per heavy atom. The number of fused-ring (bicyclic) bond motifs is 3. The number of halogens is 3. The average molecular weight is 478 g/mol. The zero-order chi connectivity index (χ0) is 19.3. The summed E-state index contributed by atoms with van der Waals surface area (Å²) >= 11 is 16.3. The molecule has 1 aromatic carbocycles. The van der Waals surface area contributed by atoms with Gasteiger partial charge in [0.1, 0.15) is 0 Å². The second-order valence-corrected chi connectivity index (χ2v) is 8.52. The van der Waals surface area contributed by atoms with Crippen molar-refractivity contribution in [3.8, 4) is 0 Å². The first-order chi connectivity index (χ1) is 12.8. The lowest BCUT2D eigenvalue weighted by Gasteiger charge is -2.36. The van der Waals surface area contributed by atoms with Gasteiger partial charge in [0.15, 0.2) is 5.79 Å². The molecule has 27 heavy (non-hydrogen) atoms. The molecule has 2 aromatic rings. The van der Waals surface area contributed by atoms with Crippen LogP contribution in [0.3, 0.4) is 0 Å². The van der Waals surface area contributed by atoms with Crippen LogP contribution in [0.25, 0.3) is 10.9 Å². The number of hydroxylamine groups is 2. The fraction of sp³-hybridized carbons (Fsp3) is 0.500. The standard InChI is InChI=1S/C18H19BrCl2N2O4/c1-23(25-2)13(24)5-9-7-18(26-3-4-27-18)8-10-14-11(19)6-12(20)15(21)17(14)22-16(9)10/h6,9,22H,3-5,7-8H2,1-2H3. The van der Waals surface area contributed by atoms with Gasteiger partial charge in [-0.2, -0.15) is 0 Å². The number of H-pyrrole nitrogens is 1. The van der Waals surface area contributed by atoms with Crippen LogP contribution in [-0.2, 0) is 25.5 Å². The van der Waals surface area contributed by atoms with E-state index < -0.39 is 5.79 Å². The van der Waals surface area contributed by atoms with Crippen LogP contribution in [0.2, 0.25) is 10.0 Å². The van der Waals surface area contributed by atoms with Crippen molar-refractivity contribution in [3.05, 3.63) is 31.8 Å². The van der Waals surface area contributed by atoms with Gasteiger partial charge in [0.2, 0.25) is 5.91 Å². The van der Waals surface area contributed by atoms with Crippen LogP contribution in [0, 0.1) is 0 Å². The Bertz CT molecular complexity index is 911. The highest BCUT2D eigenvalue weighted by Crippen LogP contribution is 2.49. The van der Waals surface area contributed by atoms with Gasteiger partial charge in [-0.15, -0.1) is 0 Å². The summed E-state index contributed by atoms with van der Waals surface area (Å²) in [7, 11) is 3.07. The van der Waals surface area contributed by atoms with Crippen molar-refractivity contribution in [1.82, 2.24) is 10.0 Å². The molecular formula is C18H19BrCl2N2O4. The number of carbonyl (C=O) groups excluding carboxylic acids is 1. The molecule has 0 saturated carbocycles. The third-order valence-corrected chi connectivity index (χ3v) is 6.74. The maximum Gasteiger partial charge on any atom is 0.246 e. The summed E-state index contributed by atoms with van der Waals surface area (Å²) < 4.78 is 12.8. The minimum absolute atomic E-state index is 0.119. The monoisotopic (exact) mass is 476 g/mol. The number of carbonyl (C=O) groups is 1. The number of nitrogens with one attached hydrogen (secondary N) is 1. The van der Waals surface area contributed by atoms with E-state index in [-0.39, 0.29) is 18.2 Å². The highest BCUT2D eigenvalue weighted by atomic mass is 79.9. The summed E-state index contributed by atoms with van der Waals surface area (Å²) in [6, 6.07) is 1.79. The van der Waals surface area contributed by atoms with Gasteiger partial charge in [-0.3, -0.25) is 9.63 Å². The average Bonchev–Trinajstić information content (AvgIpc) is 3.24. The van der Waals surface area contributed by atoms with Crippen molar-refractivity contribution in [1.29, 1.82) is 0 Å². The second-order valence-electron chi connectivity index (χ2n) is 6.88. The topological polar surface area (TPSA) is 63.8 Å². The molecule has 146 valence electrons. The van der Waals surface area contributed by atoms with Gasteiger partial charge in [0.25, 0.3) is 0 Å². The zero-order valence-electron chi connectivity index (χ0n) is 14.9. The molecule has 1 amide bonds. The van der Waals surface area contributed by atoms with E-state index >= 15 is 0 Å². The van der Waals surface area contributed by atoms with Crippen molar-refractivity contribution in [2.45, 2.75) is 31.0 Å². The minimum Gasteiger partial charge on any atom is -0.357 e. The molecule has 0 radical (unpaired) electrons. The first-order valence-corrected chi connectivity index (χ1v) is 10.2. The maximum absolute atomic E-state index is 12.5. The van der Waals surface area contributed by atoms with E-state index in [0.29, 0.717) is 36.1 Å². The Hall–Kier alpha value is -0.830. The van der Waals surface area contributed by atoms with Crippen molar-refractivity contribution in [2.75, 3.05) is 27.4 Å². The van der Waals surface area contributed by atoms with Crippen molar-refractivity contribution < 1.29 is 19.1 Å². The molecule has 0 bridgehead atoms. The smallest absolute Gasteiger partial charge is 0.246 e. The van der Waals surface area contributed by atoms with E-state index in [1.165, 1.54) is 12.2 Å². The Labute approximate surface area is 175 Å². The highest BCUT2D eigenvalue weighted by molar-refractivity contribution is 9.10. The molecular weight excluding hydrogens is 459 g/mol. The third-order valence-electron chi connectivity index (χ3n) is 5.33. The van der Waals surface area contributed by atoms with Crippen molar-refractivity contribution >= 4 is 55.9 Å². The Morgan fingerprint density at radius 3 is 2.81 bits per heavy atom. The van der Waals surface area contributed by atoms with Crippen molar-refractivity contribution in [3.63, 3.8) is 0 Å². The number of rotatable bonds is 3. The van der Waals surface area contributed by atoms with Gasteiger partial charge in [0, 0.05) is 47.8 Å². The number of aromatic amines is 1. The predicted octanol–water partition coefficient (Wildman–Crippen LogP) is 4.42. The Kier molecular flexibility index (Phi) is 5.20. The van der Waals surface area contributed by atoms with Gasteiger partial charge >= 0.3 is 0 Å². The zero-order valence-corrected chi connectivity index (χ0v) is 18.0. The van der Waals surface area contributed by atoms with E-state index in [9.17, 15) is 4.79 Å². The SMILES string of the molecule is CON(C)C(=O)CC1CC2(Cc3c1[nH]c1c(Cl)c(Cl)cc(Br)c31)OCCO2. The number of benzene rings is 1. The van der Waals surface area contributed by atoms with Crippen LogP contribution in [-0.4, -0.2) is 49.1 Å². The Balaban J connectivity index is 1.84. The molecule has 2 heterocycles. The van der Waals surface area contributed by atoms with Crippen LogP contribution in [0.15, 0.2) is 10.5 Å². The van der Waals surface area contributed by atoms with E-state index in [2.05, 4.69) is 20.9 Å². The van der Waals surface area contributed by atoms with Crippen molar-refractivity contribution in [2.24, 2.45) is 0 Å². The summed E-state index contributed by atoms with van der Waals surface area (Å²) in [5.41, 5.74) is 2.77. The van der Waals surface area contributed by atoms with Crippen LogP contribution < -0.4 is 0 Å². The summed E-state index contributed by atoms with van der Waals surface area (Å²) in [6.07, 6.45) is 1.43. The molecule has 1 unspecified atom stereocenters.